The van der Waals surface area contributed by atoms with Gasteiger partial charge in [-0.15, -0.1) is 0 Å². The predicted octanol–water partition coefficient (Wildman–Crippen LogP) is 4.52. The maximum Gasteiger partial charge on any atom is 0.289 e. The Morgan fingerprint density at radius 2 is 1.60 bits per heavy atom. The number of methoxy groups -OCH3 is 1. The fourth-order valence-electron chi connectivity index (χ4n) is 2.97. The van der Waals surface area contributed by atoms with Crippen LogP contribution in [-0.4, -0.2) is 29.4 Å². The van der Waals surface area contributed by atoms with Gasteiger partial charge in [-0.3, -0.25) is 9.89 Å². The minimum absolute atomic E-state index is 0.337. The Balaban J connectivity index is 1.40. The summed E-state index contributed by atoms with van der Waals surface area (Å²) in [7, 11) is 1.61. The Labute approximate surface area is 174 Å². The number of hydrogen-bond donors (Lipinski definition) is 2. The van der Waals surface area contributed by atoms with E-state index < -0.39 is 0 Å². The average Bonchev–Trinajstić information content (AvgIpc) is 3.31. The highest BCUT2D eigenvalue weighted by Crippen LogP contribution is 2.24. The van der Waals surface area contributed by atoms with Crippen molar-refractivity contribution in [2.75, 3.05) is 7.11 Å². The molecule has 2 N–H and O–H groups in total. The quantitative estimate of drug-likeness (QED) is 0.372. The second-order valence-electron chi connectivity index (χ2n) is 6.58. The minimum Gasteiger partial charge on any atom is -0.497 e. The fraction of sp³-hybridized carbons (Fsp3) is 0.0417. The highest BCUT2D eigenvalue weighted by atomic mass is 16.5. The van der Waals surface area contributed by atoms with Gasteiger partial charge >= 0.3 is 0 Å². The molecule has 1 aromatic heterocycles. The highest BCUT2D eigenvalue weighted by molar-refractivity contribution is 5.94. The number of carbonyl (C=O) groups is 1. The molecule has 0 fully saturated rings. The van der Waals surface area contributed by atoms with Crippen molar-refractivity contribution >= 4 is 12.1 Å². The van der Waals surface area contributed by atoms with Crippen molar-refractivity contribution in [3.63, 3.8) is 0 Å². The minimum atomic E-state index is -0.362. The van der Waals surface area contributed by atoms with Crippen molar-refractivity contribution < 1.29 is 9.53 Å². The number of benzene rings is 3. The largest absolute Gasteiger partial charge is 0.497 e. The smallest absolute Gasteiger partial charge is 0.289 e. The van der Waals surface area contributed by atoms with Crippen LogP contribution in [0.15, 0.2) is 90.0 Å². The first-order chi connectivity index (χ1) is 14.7. The number of hydrogen-bond acceptors (Lipinski definition) is 4. The predicted molar refractivity (Wildman–Crippen MR) is 118 cm³/mol. The summed E-state index contributed by atoms with van der Waals surface area (Å²) in [6, 6.07) is 27.3. The third-order valence-corrected chi connectivity index (χ3v) is 4.61. The van der Waals surface area contributed by atoms with Gasteiger partial charge in [0.25, 0.3) is 5.91 Å². The van der Waals surface area contributed by atoms with Gasteiger partial charge in [0.2, 0.25) is 0 Å². The SMILES string of the molecule is COc1ccc(/C=N\NC(=O)c2cc(-c3ccc(-c4ccccc4)cc3)n[nH]2)cc1. The fourth-order valence-corrected chi connectivity index (χ4v) is 2.97. The lowest BCUT2D eigenvalue weighted by molar-refractivity contribution is 0.0950. The van der Waals surface area contributed by atoms with Crippen molar-refractivity contribution in [1.82, 2.24) is 15.6 Å². The summed E-state index contributed by atoms with van der Waals surface area (Å²) in [4.78, 5) is 12.3. The van der Waals surface area contributed by atoms with E-state index in [2.05, 4.69) is 32.9 Å². The van der Waals surface area contributed by atoms with Crippen LogP contribution in [0.1, 0.15) is 16.1 Å². The monoisotopic (exact) mass is 396 g/mol. The van der Waals surface area contributed by atoms with Crippen LogP contribution in [0.3, 0.4) is 0 Å². The second kappa shape index (κ2) is 8.87. The van der Waals surface area contributed by atoms with Gasteiger partial charge in [0.05, 0.1) is 19.0 Å². The highest BCUT2D eigenvalue weighted by Gasteiger charge is 2.10. The summed E-state index contributed by atoms with van der Waals surface area (Å²) in [5.74, 6) is 0.400. The number of hydrazone groups is 1. The molecule has 0 aliphatic rings. The van der Waals surface area contributed by atoms with Crippen LogP contribution in [0.2, 0.25) is 0 Å². The second-order valence-corrected chi connectivity index (χ2v) is 6.58. The van der Waals surface area contributed by atoms with Gasteiger partial charge in [0.15, 0.2) is 0 Å². The molecule has 148 valence electrons. The van der Waals surface area contributed by atoms with E-state index in [0.29, 0.717) is 11.4 Å². The maximum absolute atomic E-state index is 12.3. The summed E-state index contributed by atoms with van der Waals surface area (Å²) in [6.07, 6.45) is 1.57. The maximum atomic E-state index is 12.3. The molecule has 0 atom stereocenters. The summed E-state index contributed by atoms with van der Waals surface area (Å²) in [5, 5.41) is 11.0. The van der Waals surface area contributed by atoms with Crippen LogP contribution in [-0.2, 0) is 0 Å². The number of aromatic nitrogens is 2. The first-order valence-corrected chi connectivity index (χ1v) is 9.41. The normalized spacial score (nSPS) is 10.8. The van der Waals surface area contributed by atoms with Crippen molar-refractivity contribution in [2.45, 2.75) is 0 Å². The zero-order valence-corrected chi connectivity index (χ0v) is 16.4. The molecule has 1 amide bonds. The number of rotatable bonds is 6. The van der Waals surface area contributed by atoms with E-state index in [1.807, 2.05) is 66.7 Å². The molecule has 4 rings (SSSR count). The van der Waals surface area contributed by atoms with E-state index >= 15 is 0 Å². The van der Waals surface area contributed by atoms with Gasteiger partial charge in [-0.25, -0.2) is 5.43 Å². The lowest BCUT2D eigenvalue weighted by atomic mass is 10.0. The molecule has 0 aliphatic heterocycles. The van der Waals surface area contributed by atoms with Crippen molar-refractivity contribution in [3.8, 4) is 28.1 Å². The molecule has 6 nitrogen and oxygen atoms in total. The van der Waals surface area contributed by atoms with Crippen LogP contribution in [0.4, 0.5) is 0 Å². The molecule has 3 aromatic carbocycles. The summed E-state index contributed by atoms with van der Waals surface area (Å²) < 4.78 is 5.11. The lowest BCUT2D eigenvalue weighted by Crippen LogP contribution is -2.17. The van der Waals surface area contributed by atoms with Crippen molar-refractivity contribution in [3.05, 3.63) is 96.2 Å². The molecule has 0 unspecified atom stereocenters. The van der Waals surface area contributed by atoms with Crippen LogP contribution < -0.4 is 10.2 Å². The summed E-state index contributed by atoms with van der Waals surface area (Å²) in [6.45, 7) is 0. The molecule has 4 aromatic rings. The van der Waals surface area contributed by atoms with E-state index in [9.17, 15) is 4.79 Å². The van der Waals surface area contributed by atoms with Crippen LogP contribution in [0.5, 0.6) is 5.75 Å². The molecule has 0 bridgehead atoms. The van der Waals surface area contributed by atoms with Gasteiger partial charge in [-0.1, -0.05) is 54.6 Å². The molecular formula is C24H20N4O2. The van der Waals surface area contributed by atoms with Crippen LogP contribution in [0, 0.1) is 0 Å². The first-order valence-electron chi connectivity index (χ1n) is 9.41. The van der Waals surface area contributed by atoms with E-state index in [1.54, 1.807) is 19.4 Å². The number of H-pyrrole nitrogens is 1. The van der Waals surface area contributed by atoms with Gasteiger partial charge in [-0.2, -0.15) is 10.2 Å². The Morgan fingerprint density at radius 3 is 2.30 bits per heavy atom. The van der Waals surface area contributed by atoms with Gasteiger partial charge in [0.1, 0.15) is 11.4 Å². The molecule has 0 spiro atoms. The van der Waals surface area contributed by atoms with E-state index in [0.717, 1.165) is 28.0 Å². The molecule has 6 heteroatoms. The van der Waals surface area contributed by atoms with Gasteiger partial charge in [0, 0.05) is 5.56 Å². The third kappa shape index (κ3) is 4.44. The Hall–Kier alpha value is -4.19. The summed E-state index contributed by atoms with van der Waals surface area (Å²) in [5.41, 5.74) is 7.58. The lowest BCUT2D eigenvalue weighted by Gasteiger charge is -2.02. The standard InChI is InChI=1S/C24H20N4O2/c1-30-21-13-7-17(8-14-21)16-25-28-24(29)23-15-22(26-27-23)20-11-9-19(10-12-20)18-5-3-2-4-6-18/h2-16H,1H3,(H,26,27)(H,28,29)/b25-16-. The van der Waals surface area contributed by atoms with Crippen LogP contribution >= 0.6 is 0 Å². The van der Waals surface area contributed by atoms with Gasteiger partial charge in [-0.05, 0) is 47.0 Å². The Morgan fingerprint density at radius 1 is 0.933 bits per heavy atom. The van der Waals surface area contributed by atoms with Crippen molar-refractivity contribution in [2.24, 2.45) is 5.10 Å². The van der Waals surface area contributed by atoms with E-state index in [1.165, 1.54) is 0 Å². The molecule has 0 aliphatic carbocycles. The number of nitrogens with zero attached hydrogens (tertiary/aromatic N) is 2. The average molecular weight is 396 g/mol. The molecule has 0 saturated carbocycles. The van der Waals surface area contributed by atoms with E-state index in [-0.39, 0.29) is 5.91 Å². The Bertz CT molecular complexity index is 1150. The third-order valence-electron chi connectivity index (χ3n) is 4.61. The topological polar surface area (TPSA) is 79.4 Å². The zero-order chi connectivity index (χ0) is 20.8. The molecule has 0 saturated heterocycles. The van der Waals surface area contributed by atoms with Crippen LogP contribution in [0.25, 0.3) is 22.4 Å². The zero-order valence-electron chi connectivity index (χ0n) is 16.4. The number of aromatic amines is 1. The Kier molecular flexibility index (Phi) is 5.66. The van der Waals surface area contributed by atoms with Gasteiger partial charge < -0.3 is 4.74 Å². The number of amides is 1. The number of carbonyl (C=O) groups excluding carboxylic acids is 1. The number of ether oxygens (including phenoxy) is 1. The number of nitrogens with one attached hydrogen (secondary N) is 2. The molecular weight excluding hydrogens is 376 g/mol. The first kappa shape index (κ1) is 19.1. The molecule has 30 heavy (non-hydrogen) atoms. The molecule has 1 heterocycles. The summed E-state index contributed by atoms with van der Waals surface area (Å²) >= 11 is 0. The van der Waals surface area contributed by atoms with E-state index in [4.69, 9.17) is 4.74 Å². The van der Waals surface area contributed by atoms with Crippen molar-refractivity contribution in [1.29, 1.82) is 0 Å². The molecule has 0 radical (unpaired) electrons.